The molecule has 0 saturated heterocycles. The van der Waals surface area contributed by atoms with E-state index in [0.29, 0.717) is 0 Å². The van der Waals surface area contributed by atoms with Gasteiger partial charge in [0, 0.05) is 0 Å². The molecule has 0 aliphatic rings. The van der Waals surface area contributed by atoms with Crippen LogP contribution in [0.15, 0.2) is 35.2 Å². The Balaban J connectivity index is 2.91. The standard InChI is InChI=1S/C9H8BrClO3S/c10-8(9(11)12)6-15(13,14)7-4-2-1-3-5-7/h1-5,8H,6H2. The lowest BCUT2D eigenvalue weighted by molar-refractivity contribution is -0.110. The summed E-state index contributed by atoms with van der Waals surface area (Å²) in [5.74, 6) is -0.334. The number of alkyl halides is 1. The van der Waals surface area contributed by atoms with Crippen molar-refractivity contribution in [2.24, 2.45) is 0 Å². The van der Waals surface area contributed by atoms with Crippen molar-refractivity contribution in [3.05, 3.63) is 30.3 Å². The fourth-order valence-corrected chi connectivity index (χ4v) is 3.50. The average molecular weight is 312 g/mol. The van der Waals surface area contributed by atoms with Crippen LogP contribution < -0.4 is 0 Å². The summed E-state index contributed by atoms with van der Waals surface area (Å²) in [5.41, 5.74) is 0. The maximum atomic E-state index is 11.7. The lowest BCUT2D eigenvalue weighted by atomic mass is 10.4. The highest BCUT2D eigenvalue weighted by atomic mass is 79.9. The summed E-state index contributed by atoms with van der Waals surface area (Å²) in [6.07, 6.45) is 0. The Morgan fingerprint density at radius 3 is 2.33 bits per heavy atom. The van der Waals surface area contributed by atoms with Crippen molar-refractivity contribution in [2.75, 3.05) is 5.75 Å². The molecule has 1 atom stereocenters. The van der Waals surface area contributed by atoms with Gasteiger partial charge in [-0.15, -0.1) is 0 Å². The molecule has 0 bridgehead atoms. The molecule has 15 heavy (non-hydrogen) atoms. The summed E-state index contributed by atoms with van der Waals surface area (Å²) in [6, 6.07) is 7.93. The molecule has 0 N–H and O–H groups in total. The predicted molar refractivity (Wildman–Crippen MR) is 62.1 cm³/mol. The number of halogens is 2. The quantitative estimate of drug-likeness (QED) is 0.631. The van der Waals surface area contributed by atoms with Gasteiger partial charge in [0.05, 0.1) is 10.6 Å². The van der Waals surface area contributed by atoms with Crippen LogP contribution in [-0.2, 0) is 14.6 Å². The first-order valence-corrected chi connectivity index (χ1v) is 6.99. The van der Waals surface area contributed by atoms with E-state index in [1.54, 1.807) is 18.2 Å². The Labute approximate surface area is 101 Å². The molecule has 82 valence electrons. The minimum Gasteiger partial charge on any atom is -0.280 e. The zero-order valence-electron chi connectivity index (χ0n) is 7.56. The summed E-state index contributed by atoms with van der Waals surface area (Å²) >= 11 is 8.09. The van der Waals surface area contributed by atoms with Crippen molar-refractivity contribution in [1.29, 1.82) is 0 Å². The lowest BCUT2D eigenvalue weighted by Crippen LogP contribution is -2.20. The molecule has 0 amide bonds. The van der Waals surface area contributed by atoms with E-state index in [1.165, 1.54) is 12.1 Å². The van der Waals surface area contributed by atoms with Gasteiger partial charge in [0.1, 0.15) is 4.83 Å². The molecule has 0 aliphatic carbocycles. The van der Waals surface area contributed by atoms with Gasteiger partial charge in [-0.1, -0.05) is 34.1 Å². The van der Waals surface area contributed by atoms with Crippen molar-refractivity contribution >= 4 is 42.6 Å². The molecule has 0 heterocycles. The van der Waals surface area contributed by atoms with Crippen molar-refractivity contribution in [3.8, 4) is 0 Å². The minimum absolute atomic E-state index is 0.187. The molecule has 0 radical (unpaired) electrons. The Bertz CT molecular complexity index is 444. The van der Waals surface area contributed by atoms with E-state index in [9.17, 15) is 13.2 Å². The molecular formula is C9H8BrClO3S. The molecule has 0 aromatic heterocycles. The first-order chi connectivity index (χ1) is 6.93. The number of carbonyl (C=O) groups excluding carboxylic acids is 1. The summed E-state index contributed by atoms with van der Waals surface area (Å²) in [4.78, 5) is 10.0. The number of hydrogen-bond acceptors (Lipinski definition) is 3. The van der Waals surface area contributed by atoms with Gasteiger partial charge < -0.3 is 0 Å². The highest BCUT2D eigenvalue weighted by Crippen LogP contribution is 2.15. The topological polar surface area (TPSA) is 51.2 Å². The van der Waals surface area contributed by atoms with E-state index in [2.05, 4.69) is 15.9 Å². The molecule has 0 spiro atoms. The maximum Gasteiger partial charge on any atom is 0.236 e. The zero-order valence-corrected chi connectivity index (χ0v) is 10.7. The molecule has 1 rings (SSSR count). The first-order valence-electron chi connectivity index (χ1n) is 4.05. The van der Waals surface area contributed by atoms with Gasteiger partial charge in [-0.2, -0.15) is 0 Å². The number of carbonyl (C=O) groups is 1. The summed E-state index contributed by atoms with van der Waals surface area (Å²) < 4.78 is 23.4. The second-order valence-electron chi connectivity index (χ2n) is 2.87. The third kappa shape index (κ3) is 3.59. The SMILES string of the molecule is O=C(Cl)C(Br)CS(=O)(=O)c1ccccc1. The van der Waals surface area contributed by atoms with Crippen LogP contribution in [0.5, 0.6) is 0 Å². The smallest absolute Gasteiger partial charge is 0.236 e. The van der Waals surface area contributed by atoms with Gasteiger partial charge in [-0.05, 0) is 23.7 Å². The van der Waals surface area contributed by atoms with Crippen molar-refractivity contribution in [1.82, 2.24) is 0 Å². The summed E-state index contributed by atoms with van der Waals surface area (Å²) in [5, 5.41) is -0.713. The number of hydrogen-bond donors (Lipinski definition) is 0. The molecule has 0 fully saturated rings. The number of sulfone groups is 1. The Kier molecular flexibility index (Phi) is 4.31. The first kappa shape index (κ1) is 12.7. The van der Waals surface area contributed by atoms with Crippen LogP contribution in [0, 0.1) is 0 Å². The van der Waals surface area contributed by atoms with Crippen molar-refractivity contribution in [3.63, 3.8) is 0 Å². The monoisotopic (exact) mass is 310 g/mol. The predicted octanol–water partition coefficient (Wildman–Crippen LogP) is 1.99. The number of benzene rings is 1. The third-order valence-corrected chi connectivity index (χ3v) is 5.17. The average Bonchev–Trinajstić information content (AvgIpc) is 2.18. The molecule has 0 saturated carbocycles. The molecule has 6 heteroatoms. The molecule has 0 aliphatic heterocycles. The van der Waals surface area contributed by atoms with E-state index < -0.39 is 19.9 Å². The number of rotatable bonds is 4. The fraction of sp³-hybridized carbons (Fsp3) is 0.222. The highest BCUT2D eigenvalue weighted by molar-refractivity contribution is 9.10. The van der Waals surface area contributed by atoms with Crippen molar-refractivity contribution in [2.45, 2.75) is 9.72 Å². The van der Waals surface area contributed by atoms with Crippen LogP contribution in [-0.4, -0.2) is 24.2 Å². The molecule has 1 aromatic carbocycles. The van der Waals surface area contributed by atoms with Gasteiger partial charge in [-0.3, -0.25) is 4.79 Å². The van der Waals surface area contributed by atoms with Crippen LogP contribution >= 0.6 is 27.5 Å². The summed E-state index contributed by atoms with van der Waals surface area (Å²) in [7, 11) is -3.46. The lowest BCUT2D eigenvalue weighted by Gasteiger charge is -2.06. The Hall–Kier alpha value is -0.390. The van der Waals surface area contributed by atoms with Gasteiger partial charge in [-0.25, -0.2) is 8.42 Å². The van der Waals surface area contributed by atoms with Crippen LogP contribution in [0.2, 0.25) is 0 Å². The van der Waals surface area contributed by atoms with Crippen LogP contribution in [0.4, 0.5) is 0 Å². The molecule has 1 unspecified atom stereocenters. The van der Waals surface area contributed by atoms with Crippen molar-refractivity contribution < 1.29 is 13.2 Å². The van der Waals surface area contributed by atoms with Crippen LogP contribution in [0.25, 0.3) is 0 Å². The molecule has 1 aromatic rings. The van der Waals surface area contributed by atoms with Gasteiger partial charge in [0.25, 0.3) is 0 Å². The van der Waals surface area contributed by atoms with E-state index in [-0.39, 0.29) is 10.6 Å². The normalized spacial score (nSPS) is 13.5. The minimum atomic E-state index is -3.46. The molecular weight excluding hydrogens is 304 g/mol. The van der Waals surface area contributed by atoms with E-state index in [4.69, 9.17) is 11.6 Å². The summed E-state index contributed by atoms with van der Waals surface area (Å²) in [6.45, 7) is 0. The van der Waals surface area contributed by atoms with Crippen LogP contribution in [0.1, 0.15) is 0 Å². The van der Waals surface area contributed by atoms with E-state index in [0.717, 1.165) is 0 Å². The Morgan fingerprint density at radius 1 is 1.33 bits per heavy atom. The van der Waals surface area contributed by atoms with Gasteiger partial charge in [0.15, 0.2) is 9.84 Å². The van der Waals surface area contributed by atoms with Crippen LogP contribution in [0.3, 0.4) is 0 Å². The van der Waals surface area contributed by atoms with Gasteiger partial charge >= 0.3 is 0 Å². The fourth-order valence-electron chi connectivity index (χ4n) is 0.982. The largest absolute Gasteiger partial charge is 0.280 e. The molecule has 3 nitrogen and oxygen atoms in total. The second kappa shape index (κ2) is 5.09. The van der Waals surface area contributed by atoms with E-state index >= 15 is 0 Å². The maximum absolute atomic E-state index is 11.7. The zero-order chi connectivity index (χ0) is 11.5. The van der Waals surface area contributed by atoms with E-state index in [1.807, 2.05) is 0 Å². The second-order valence-corrected chi connectivity index (χ2v) is 6.38. The Morgan fingerprint density at radius 2 is 1.87 bits per heavy atom. The highest BCUT2D eigenvalue weighted by Gasteiger charge is 2.23. The third-order valence-electron chi connectivity index (χ3n) is 1.71. The van der Waals surface area contributed by atoms with Gasteiger partial charge in [0.2, 0.25) is 5.24 Å².